The summed E-state index contributed by atoms with van der Waals surface area (Å²) in [5.74, 6) is 3.03. The SMILES string of the molecule is OB1C=C(C2CCC(OCc3ccccc3)CC2)c2c(cnc3c2C=CC3)O1. The molecule has 1 N–H and O–H groups in total. The summed E-state index contributed by atoms with van der Waals surface area (Å²) in [7, 11) is -0.889. The lowest BCUT2D eigenvalue weighted by molar-refractivity contribution is 0.0118. The number of fused-ring (bicyclic) bond motifs is 3. The van der Waals surface area contributed by atoms with Crippen molar-refractivity contribution in [1.29, 1.82) is 0 Å². The Balaban J connectivity index is 1.29. The van der Waals surface area contributed by atoms with Gasteiger partial charge in [-0.15, -0.1) is 0 Å². The van der Waals surface area contributed by atoms with Gasteiger partial charge in [-0.25, -0.2) is 0 Å². The summed E-state index contributed by atoms with van der Waals surface area (Å²) in [6.07, 6.45) is 11.5. The number of hydrogen-bond donors (Lipinski definition) is 1. The second kappa shape index (κ2) is 7.57. The van der Waals surface area contributed by atoms with Crippen molar-refractivity contribution in [3.05, 3.63) is 71.0 Å². The van der Waals surface area contributed by atoms with Crippen LogP contribution in [0.1, 0.15) is 48.1 Å². The third-order valence-corrected chi connectivity index (χ3v) is 6.06. The molecule has 1 saturated carbocycles. The minimum Gasteiger partial charge on any atom is -0.531 e. The maximum absolute atomic E-state index is 10.2. The number of allylic oxidation sites excluding steroid dienone is 2. The van der Waals surface area contributed by atoms with Gasteiger partial charge in [-0.1, -0.05) is 42.5 Å². The van der Waals surface area contributed by atoms with Gasteiger partial charge in [0.2, 0.25) is 0 Å². The lowest BCUT2D eigenvalue weighted by Crippen LogP contribution is -2.28. The average molecular weight is 373 g/mol. The average Bonchev–Trinajstić information content (AvgIpc) is 3.22. The summed E-state index contributed by atoms with van der Waals surface area (Å²) < 4.78 is 11.8. The molecule has 28 heavy (non-hydrogen) atoms. The first kappa shape index (κ1) is 17.7. The molecule has 0 spiro atoms. The molecule has 0 unspecified atom stereocenters. The van der Waals surface area contributed by atoms with Gasteiger partial charge in [0, 0.05) is 17.5 Å². The number of rotatable bonds is 4. The van der Waals surface area contributed by atoms with E-state index in [4.69, 9.17) is 9.39 Å². The number of aromatic nitrogens is 1. The normalized spacial score (nSPS) is 23.0. The van der Waals surface area contributed by atoms with Gasteiger partial charge in [0.15, 0.2) is 0 Å². The predicted octanol–water partition coefficient (Wildman–Crippen LogP) is 4.22. The smallest absolute Gasteiger partial charge is 0.531 e. The van der Waals surface area contributed by atoms with E-state index in [1.54, 1.807) is 6.20 Å². The van der Waals surface area contributed by atoms with Gasteiger partial charge >= 0.3 is 7.12 Å². The summed E-state index contributed by atoms with van der Waals surface area (Å²) in [6.45, 7) is 0.679. The fourth-order valence-electron chi connectivity index (χ4n) is 4.64. The quantitative estimate of drug-likeness (QED) is 0.816. The maximum atomic E-state index is 10.2. The minimum atomic E-state index is -0.889. The van der Waals surface area contributed by atoms with Crippen molar-refractivity contribution < 1.29 is 14.4 Å². The topological polar surface area (TPSA) is 51.6 Å². The number of ether oxygens (including phenoxy) is 1. The van der Waals surface area contributed by atoms with Gasteiger partial charge in [0.1, 0.15) is 5.75 Å². The zero-order valence-electron chi connectivity index (χ0n) is 15.9. The van der Waals surface area contributed by atoms with Gasteiger partial charge in [0.25, 0.3) is 0 Å². The third kappa shape index (κ3) is 3.40. The zero-order valence-corrected chi connectivity index (χ0v) is 15.9. The van der Waals surface area contributed by atoms with Crippen LogP contribution in [0.15, 0.2) is 48.6 Å². The highest BCUT2D eigenvalue weighted by Crippen LogP contribution is 2.44. The van der Waals surface area contributed by atoms with Crippen LogP contribution in [-0.4, -0.2) is 23.2 Å². The minimum absolute atomic E-state index is 0.310. The summed E-state index contributed by atoms with van der Waals surface area (Å²) in [5.41, 5.74) is 5.85. The monoisotopic (exact) mass is 373 g/mol. The van der Waals surface area contributed by atoms with Crippen molar-refractivity contribution in [1.82, 2.24) is 4.98 Å². The van der Waals surface area contributed by atoms with Crippen molar-refractivity contribution in [2.45, 2.75) is 44.8 Å². The van der Waals surface area contributed by atoms with E-state index in [9.17, 15) is 5.02 Å². The molecule has 0 amide bonds. The van der Waals surface area contributed by atoms with Crippen LogP contribution in [0.4, 0.5) is 0 Å². The van der Waals surface area contributed by atoms with E-state index in [2.05, 4.69) is 41.4 Å². The molecule has 2 aliphatic carbocycles. The summed E-state index contributed by atoms with van der Waals surface area (Å²) >= 11 is 0. The van der Waals surface area contributed by atoms with Crippen molar-refractivity contribution in [3.8, 4) is 5.75 Å². The maximum Gasteiger partial charge on any atom is 0.552 e. The van der Waals surface area contributed by atoms with E-state index < -0.39 is 7.12 Å². The molecule has 1 fully saturated rings. The van der Waals surface area contributed by atoms with Gasteiger partial charge < -0.3 is 14.4 Å². The van der Waals surface area contributed by atoms with E-state index >= 15 is 0 Å². The third-order valence-electron chi connectivity index (χ3n) is 6.06. The zero-order chi connectivity index (χ0) is 18.9. The Kier molecular flexibility index (Phi) is 4.79. The summed E-state index contributed by atoms with van der Waals surface area (Å²) in [5, 5.41) is 10.2. The Labute approximate surface area is 166 Å². The van der Waals surface area contributed by atoms with Crippen LogP contribution in [0, 0.1) is 5.92 Å². The van der Waals surface area contributed by atoms with E-state index in [1.807, 2.05) is 12.0 Å². The van der Waals surface area contributed by atoms with Crippen molar-refractivity contribution in [3.63, 3.8) is 0 Å². The number of hydrogen-bond acceptors (Lipinski definition) is 4. The van der Waals surface area contributed by atoms with Crippen LogP contribution in [0.3, 0.4) is 0 Å². The highest BCUT2D eigenvalue weighted by molar-refractivity contribution is 6.52. The van der Waals surface area contributed by atoms with Gasteiger partial charge in [-0.05, 0) is 48.7 Å². The molecule has 1 aliphatic heterocycles. The van der Waals surface area contributed by atoms with Crippen molar-refractivity contribution in [2.75, 3.05) is 0 Å². The first-order chi connectivity index (χ1) is 13.8. The summed E-state index contributed by atoms with van der Waals surface area (Å²) in [6, 6.07) is 10.4. The largest absolute Gasteiger partial charge is 0.552 e. The summed E-state index contributed by atoms with van der Waals surface area (Å²) in [4.78, 5) is 4.51. The molecule has 5 rings (SSSR count). The molecule has 0 saturated heterocycles. The Morgan fingerprint density at radius 1 is 1.14 bits per heavy atom. The van der Waals surface area contributed by atoms with E-state index in [0.717, 1.165) is 48.9 Å². The van der Waals surface area contributed by atoms with Crippen LogP contribution in [-0.2, 0) is 17.8 Å². The Morgan fingerprint density at radius 3 is 2.79 bits per heavy atom. The lowest BCUT2D eigenvalue weighted by Gasteiger charge is -2.33. The number of nitrogens with zero attached hydrogens (tertiary/aromatic N) is 1. The van der Waals surface area contributed by atoms with Crippen LogP contribution >= 0.6 is 0 Å². The van der Waals surface area contributed by atoms with Gasteiger partial charge in [-0.3, -0.25) is 4.98 Å². The number of benzene rings is 1. The van der Waals surface area contributed by atoms with Gasteiger partial charge in [-0.2, -0.15) is 0 Å². The molecular weight excluding hydrogens is 349 g/mol. The Bertz CT molecular complexity index is 917. The fourth-order valence-corrected chi connectivity index (χ4v) is 4.64. The fraction of sp³-hybridized carbons (Fsp3) is 0.348. The molecule has 2 heterocycles. The Hall–Kier alpha value is -2.37. The first-order valence-electron chi connectivity index (χ1n) is 10.2. The number of pyridine rings is 1. The van der Waals surface area contributed by atoms with Gasteiger partial charge in [0.05, 0.1) is 24.6 Å². The van der Waals surface area contributed by atoms with E-state index in [1.165, 1.54) is 11.1 Å². The molecule has 3 aliphatic rings. The highest BCUT2D eigenvalue weighted by Gasteiger charge is 2.34. The molecule has 1 aromatic heterocycles. The molecule has 5 heteroatoms. The standard InChI is InChI=1S/C23H24BNO3/c26-24-13-20(23-19-7-4-8-21(19)25-14-22(23)28-24)17-9-11-18(12-10-17)27-15-16-5-2-1-3-6-16/h1-7,13-14,17-18,26H,8-12,15H2. The predicted molar refractivity (Wildman–Crippen MR) is 111 cm³/mol. The van der Waals surface area contributed by atoms with E-state index in [0.29, 0.717) is 24.4 Å². The molecule has 2 aromatic rings. The van der Waals surface area contributed by atoms with Crippen LogP contribution < -0.4 is 4.65 Å². The lowest BCUT2D eigenvalue weighted by atomic mass is 9.72. The molecule has 4 nitrogen and oxygen atoms in total. The molecule has 1 aromatic carbocycles. The molecule has 0 atom stereocenters. The van der Waals surface area contributed by atoms with Crippen LogP contribution in [0.5, 0.6) is 5.75 Å². The second-order valence-electron chi connectivity index (χ2n) is 7.86. The van der Waals surface area contributed by atoms with Crippen LogP contribution in [0.25, 0.3) is 11.6 Å². The van der Waals surface area contributed by atoms with E-state index in [-0.39, 0.29) is 0 Å². The Morgan fingerprint density at radius 2 is 1.96 bits per heavy atom. The van der Waals surface area contributed by atoms with Crippen molar-refractivity contribution >= 4 is 18.8 Å². The second-order valence-corrected chi connectivity index (χ2v) is 7.86. The first-order valence-corrected chi connectivity index (χ1v) is 10.2. The van der Waals surface area contributed by atoms with Crippen LogP contribution in [0.2, 0.25) is 0 Å². The molecule has 0 radical (unpaired) electrons. The highest BCUT2D eigenvalue weighted by atomic mass is 16.5. The molecular formula is C23H24BNO3. The van der Waals surface area contributed by atoms with Crippen molar-refractivity contribution in [2.24, 2.45) is 5.92 Å². The molecule has 0 bridgehead atoms. The molecule has 142 valence electrons.